The predicted molar refractivity (Wildman–Crippen MR) is 129 cm³/mol. The highest BCUT2D eigenvalue weighted by molar-refractivity contribution is 14.0. The third-order valence-electron chi connectivity index (χ3n) is 5.62. The average molecular weight is 527 g/mol. The molecule has 1 amide bonds. The van der Waals surface area contributed by atoms with Crippen LogP contribution in [0.1, 0.15) is 71.6 Å². The third-order valence-corrected chi connectivity index (χ3v) is 7.36. The van der Waals surface area contributed by atoms with E-state index in [1.807, 2.05) is 6.92 Å². The number of aliphatic imine (C=N–C) groups is 1. The second-order valence-corrected chi connectivity index (χ2v) is 9.77. The summed E-state index contributed by atoms with van der Waals surface area (Å²) in [6.07, 6.45) is 9.84. The largest absolute Gasteiger partial charge is 0.357 e. The molecule has 0 spiro atoms. The number of carbonyl (C=O) groups is 1. The number of guanidine groups is 1. The molecule has 0 aromatic rings. The third kappa shape index (κ3) is 9.41. The Labute approximate surface area is 190 Å². The van der Waals surface area contributed by atoms with E-state index in [-0.39, 0.29) is 29.9 Å². The van der Waals surface area contributed by atoms with Gasteiger partial charge in [-0.15, -0.1) is 24.0 Å². The molecule has 2 fully saturated rings. The molecule has 3 unspecified atom stereocenters. The molecule has 8 heteroatoms. The smallest absolute Gasteiger partial charge is 0.220 e. The van der Waals surface area contributed by atoms with E-state index in [4.69, 9.17) is 0 Å². The lowest BCUT2D eigenvalue weighted by molar-refractivity contribution is -0.121. The van der Waals surface area contributed by atoms with Crippen LogP contribution in [0.2, 0.25) is 0 Å². The van der Waals surface area contributed by atoms with Crippen molar-refractivity contribution in [3.05, 3.63) is 0 Å². The molecule has 3 atom stereocenters. The van der Waals surface area contributed by atoms with E-state index in [2.05, 4.69) is 27.9 Å². The van der Waals surface area contributed by atoms with Crippen LogP contribution < -0.4 is 16.0 Å². The summed E-state index contributed by atoms with van der Waals surface area (Å²) >= 11 is 0. The number of nitrogens with zero attached hydrogens (tertiary/aromatic N) is 1. The summed E-state index contributed by atoms with van der Waals surface area (Å²) in [6, 6.07) is 0.328. The lowest BCUT2D eigenvalue weighted by Gasteiger charge is -2.30. The van der Waals surface area contributed by atoms with Crippen molar-refractivity contribution < 1.29 is 9.00 Å². The first-order valence-corrected chi connectivity index (χ1v) is 12.2. The van der Waals surface area contributed by atoms with Crippen molar-refractivity contribution in [3.8, 4) is 0 Å². The standard InChI is InChI=1S/C20H38N4O2S.HI/c1-3-21-20(24-17-10-7-11-18(15-17)27(26)4-2)23-13-12-22-19(25)14-16-8-5-6-9-16;/h16-18H,3-15H2,1-2H3,(H,22,25)(H2,21,23,24);1H. The van der Waals surface area contributed by atoms with Crippen molar-refractivity contribution in [2.45, 2.75) is 82.9 Å². The number of amides is 1. The Morgan fingerprint density at radius 3 is 2.50 bits per heavy atom. The molecule has 0 aromatic heterocycles. The van der Waals surface area contributed by atoms with E-state index in [1.54, 1.807) is 0 Å². The van der Waals surface area contributed by atoms with Crippen LogP contribution in [0.15, 0.2) is 4.99 Å². The van der Waals surface area contributed by atoms with Crippen LogP contribution in [0.25, 0.3) is 0 Å². The molecule has 164 valence electrons. The van der Waals surface area contributed by atoms with Crippen molar-refractivity contribution >= 4 is 46.6 Å². The molecule has 2 saturated carbocycles. The van der Waals surface area contributed by atoms with Crippen LogP contribution >= 0.6 is 24.0 Å². The molecule has 0 bridgehead atoms. The Bertz CT molecular complexity index is 512. The predicted octanol–water partition coefficient (Wildman–Crippen LogP) is 2.94. The van der Waals surface area contributed by atoms with Gasteiger partial charge in [0.05, 0.1) is 6.54 Å². The van der Waals surface area contributed by atoms with E-state index >= 15 is 0 Å². The second kappa shape index (κ2) is 14.6. The second-order valence-electron chi connectivity index (χ2n) is 7.76. The average Bonchev–Trinajstić information content (AvgIpc) is 3.17. The lowest BCUT2D eigenvalue weighted by atomic mass is 9.95. The molecule has 0 radical (unpaired) electrons. The van der Waals surface area contributed by atoms with Crippen LogP contribution in [0.5, 0.6) is 0 Å². The Morgan fingerprint density at radius 1 is 1.07 bits per heavy atom. The molecule has 0 aliphatic heterocycles. The minimum absolute atomic E-state index is 0. The van der Waals surface area contributed by atoms with Gasteiger partial charge in [0.2, 0.25) is 5.91 Å². The first kappa shape index (κ1) is 25.7. The highest BCUT2D eigenvalue weighted by Crippen LogP contribution is 2.27. The molecule has 0 aromatic carbocycles. The quantitative estimate of drug-likeness (QED) is 0.187. The zero-order valence-electron chi connectivity index (χ0n) is 17.5. The fourth-order valence-electron chi connectivity index (χ4n) is 4.18. The Balaban J connectivity index is 0.00000392. The van der Waals surface area contributed by atoms with Crippen molar-refractivity contribution in [2.24, 2.45) is 10.9 Å². The number of halogens is 1. The van der Waals surface area contributed by atoms with E-state index in [0.717, 1.165) is 43.9 Å². The van der Waals surface area contributed by atoms with Gasteiger partial charge in [0.15, 0.2) is 5.96 Å². The Morgan fingerprint density at radius 2 is 1.82 bits per heavy atom. The van der Waals surface area contributed by atoms with Gasteiger partial charge in [-0.25, -0.2) is 0 Å². The monoisotopic (exact) mass is 526 g/mol. The first-order valence-electron chi connectivity index (χ1n) is 10.8. The fraction of sp³-hybridized carbons (Fsp3) is 0.900. The molecular weight excluding hydrogens is 487 g/mol. The lowest BCUT2D eigenvalue weighted by Crippen LogP contribution is -2.47. The zero-order chi connectivity index (χ0) is 19.5. The molecule has 0 heterocycles. The summed E-state index contributed by atoms with van der Waals surface area (Å²) in [7, 11) is -0.715. The molecule has 28 heavy (non-hydrogen) atoms. The molecule has 2 aliphatic carbocycles. The van der Waals surface area contributed by atoms with E-state index < -0.39 is 10.8 Å². The van der Waals surface area contributed by atoms with Gasteiger partial charge in [0, 0.05) is 47.4 Å². The molecule has 3 N–H and O–H groups in total. The Kier molecular flexibility index (Phi) is 13.4. The summed E-state index contributed by atoms with van der Waals surface area (Å²) < 4.78 is 12.1. The van der Waals surface area contributed by atoms with Crippen LogP contribution in [0.4, 0.5) is 0 Å². The minimum atomic E-state index is -0.715. The number of hydrogen-bond donors (Lipinski definition) is 3. The zero-order valence-corrected chi connectivity index (χ0v) is 20.7. The maximum atomic E-state index is 12.1. The maximum absolute atomic E-state index is 12.1. The van der Waals surface area contributed by atoms with Gasteiger partial charge in [0.25, 0.3) is 0 Å². The van der Waals surface area contributed by atoms with Gasteiger partial charge in [-0.1, -0.05) is 26.2 Å². The van der Waals surface area contributed by atoms with Gasteiger partial charge < -0.3 is 16.0 Å². The van der Waals surface area contributed by atoms with Crippen LogP contribution in [0.3, 0.4) is 0 Å². The van der Waals surface area contributed by atoms with Crippen molar-refractivity contribution in [1.82, 2.24) is 16.0 Å². The normalized spacial score (nSPS) is 24.3. The van der Waals surface area contributed by atoms with Gasteiger partial charge in [-0.2, -0.15) is 0 Å². The summed E-state index contributed by atoms with van der Waals surface area (Å²) in [5.41, 5.74) is 0. The van der Waals surface area contributed by atoms with Gasteiger partial charge in [-0.3, -0.25) is 14.0 Å². The molecule has 2 aliphatic rings. The van der Waals surface area contributed by atoms with E-state index in [0.29, 0.717) is 36.7 Å². The number of nitrogens with one attached hydrogen (secondary N) is 3. The Hall–Kier alpha value is -0.380. The topological polar surface area (TPSA) is 82.6 Å². The van der Waals surface area contributed by atoms with E-state index in [9.17, 15) is 9.00 Å². The summed E-state index contributed by atoms with van der Waals surface area (Å²) in [5, 5.41) is 10.1. The number of rotatable bonds is 9. The number of carbonyl (C=O) groups excluding carboxylic acids is 1. The van der Waals surface area contributed by atoms with Crippen molar-refractivity contribution in [3.63, 3.8) is 0 Å². The van der Waals surface area contributed by atoms with Crippen molar-refractivity contribution in [2.75, 3.05) is 25.4 Å². The van der Waals surface area contributed by atoms with E-state index in [1.165, 1.54) is 25.7 Å². The van der Waals surface area contributed by atoms with Gasteiger partial charge >= 0.3 is 0 Å². The highest BCUT2D eigenvalue weighted by Gasteiger charge is 2.26. The van der Waals surface area contributed by atoms with Crippen LogP contribution in [0, 0.1) is 5.92 Å². The number of hydrogen-bond acceptors (Lipinski definition) is 3. The summed E-state index contributed by atoms with van der Waals surface area (Å²) in [5.74, 6) is 2.29. The van der Waals surface area contributed by atoms with Crippen molar-refractivity contribution in [1.29, 1.82) is 0 Å². The highest BCUT2D eigenvalue weighted by atomic mass is 127. The van der Waals surface area contributed by atoms with Gasteiger partial charge in [-0.05, 0) is 44.9 Å². The fourth-order valence-corrected chi connectivity index (χ4v) is 5.52. The van der Waals surface area contributed by atoms with Crippen LogP contribution in [-0.4, -0.2) is 52.8 Å². The molecular formula is C20H39IN4O2S. The molecule has 2 rings (SSSR count). The SMILES string of the molecule is CCNC(=NCCNC(=O)CC1CCCC1)NC1CCCC(S(=O)CC)C1.I. The molecule has 6 nitrogen and oxygen atoms in total. The molecule has 0 saturated heterocycles. The minimum Gasteiger partial charge on any atom is -0.357 e. The summed E-state index contributed by atoms with van der Waals surface area (Å²) in [6.45, 7) is 6.00. The van der Waals surface area contributed by atoms with Gasteiger partial charge in [0.1, 0.15) is 0 Å². The maximum Gasteiger partial charge on any atom is 0.220 e. The first-order chi connectivity index (χ1) is 13.1. The van der Waals surface area contributed by atoms with Crippen LogP contribution in [-0.2, 0) is 15.6 Å². The summed E-state index contributed by atoms with van der Waals surface area (Å²) in [4.78, 5) is 16.6.